The van der Waals surface area contributed by atoms with E-state index in [-0.39, 0.29) is 17.0 Å². The van der Waals surface area contributed by atoms with Crippen LogP contribution in [0.5, 0.6) is 0 Å². The molecule has 1 spiro atoms. The van der Waals surface area contributed by atoms with Crippen molar-refractivity contribution in [2.45, 2.75) is 40.0 Å². The zero-order valence-electron chi connectivity index (χ0n) is 18.7. The minimum atomic E-state index is -0.547. The predicted molar refractivity (Wildman–Crippen MR) is 127 cm³/mol. The number of aromatic nitrogens is 5. The van der Waals surface area contributed by atoms with Gasteiger partial charge in [0.15, 0.2) is 11.3 Å². The highest BCUT2D eigenvalue weighted by Gasteiger charge is 2.47. The number of carbonyl (C=O) groups is 1. The van der Waals surface area contributed by atoms with Gasteiger partial charge in [-0.1, -0.05) is 20.8 Å². The third-order valence-corrected chi connectivity index (χ3v) is 7.05. The predicted octanol–water partition coefficient (Wildman–Crippen LogP) is 3.59. The highest BCUT2D eigenvalue weighted by molar-refractivity contribution is 9.10. The van der Waals surface area contributed by atoms with E-state index >= 15 is 0 Å². The Hall–Kier alpha value is -3.19. The Morgan fingerprint density at radius 3 is 2.76 bits per heavy atom. The Kier molecular flexibility index (Phi) is 5.05. The minimum Gasteiger partial charge on any atom is -0.341 e. The van der Waals surface area contributed by atoms with E-state index in [1.807, 2.05) is 32.9 Å². The van der Waals surface area contributed by atoms with Gasteiger partial charge in [-0.3, -0.25) is 14.9 Å². The lowest BCUT2D eigenvalue weighted by atomic mass is 9.74. The van der Waals surface area contributed by atoms with Crippen molar-refractivity contribution in [3.05, 3.63) is 39.9 Å². The molecule has 1 fully saturated rings. The minimum absolute atomic E-state index is 0.118. The number of carbonyl (C=O) groups excluding carboxylic acids is 1. The number of hydrogen-bond donors (Lipinski definition) is 1. The Bertz CT molecular complexity index is 1340. The number of H-pyrrole nitrogens is 1. The van der Waals surface area contributed by atoms with Gasteiger partial charge in [0.05, 0.1) is 16.8 Å². The van der Waals surface area contributed by atoms with Crippen molar-refractivity contribution in [2.75, 3.05) is 18.0 Å². The lowest BCUT2D eigenvalue weighted by molar-refractivity contribution is -0.124. The zero-order valence-corrected chi connectivity index (χ0v) is 20.3. The third-order valence-electron chi connectivity index (χ3n) is 6.48. The van der Waals surface area contributed by atoms with Crippen LogP contribution in [0.4, 0.5) is 5.95 Å². The molecule has 4 heterocycles. The third kappa shape index (κ3) is 3.60. The fourth-order valence-corrected chi connectivity index (χ4v) is 5.04. The zero-order chi connectivity index (χ0) is 23.4. The summed E-state index contributed by atoms with van der Waals surface area (Å²) in [7, 11) is 0. The summed E-state index contributed by atoms with van der Waals surface area (Å²) in [4.78, 5) is 33.3. The van der Waals surface area contributed by atoms with Gasteiger partial charge in [0.1, 0.15) is 10.7 Å². The Labute approximate surface area is 199 Å². The number of nitriles is 1. The van der Waals surface area contributed by atoms with Gasteiger partial charge >= 0.3 is 0 Å². The number of anilines is 1. The number of nitrogens with zero attached hydrogens (tertiary/aromatic N) is 7. The molecule has 0 atom stereocenters. The first-order valence-electron chi connectivity index (χ1n) is 10.9. The molecule has 5 rings (SSSR count). The van der Waals surface area contributed by atoms with E-state index < -0.39 is 5.41 Å². The van der Waals surface area contributed by atoms with Crippen LogP contribution in [0.1, 0.15) is 50.6 Å². The number of nitrogens with one attached hydrogen (secondary N) is 1. The molecule has 2 aliphatic rings. The van der Waals surface area contributed by atoms with Crippen LogP contribution in [0.2, 0.25) is 0 Å². The second-order valence-electron chi connectivity index (χ2n) is 9.68. The van der Waals surface area contributed by atoms with Gasteiger partial charge in [-0.2, -0.15) is 15.3 Å². The van der Waals surface area contributed by atoms with Crippen molar-refractivity contribution in [2.24, 2.45) is 15.8 Å². The summed E-state index contributed by atoms with van der Waals surface area (Å²) >= 11 is 3.36. The fourth-order valence-electron chi connectivity index (χ4n) is 4.58. The van der Waals surface area contributed by atoms with Crippen LogP contribution in [0.25, 0.3) is 11.0 Å². The summed E-state index contributed by atoms with van der Waals surface area (Å²) in [6.45, 7) is 7.03. The molecule has 1 saturated heterocycles. The van der Waals surface area contributed by atoms with Gasteiger partial charge in [-0.15, -0.1) is 0 Å². The average molecular weight is 507 g/mol. The van der Waals surface area contributed by atoms with Gasteiger partial charge in [-0.05, 0) is 40.9 Å². The normalized spacial score (nSPS) is 18.6. The highest BCUT2D eigenvalue weighted by Crippen LogP contribution is 2.45. The molecule has 9 nitrogen and oxygen atoms in total. The SMILES string of the molecule is CC(C)(C)C(=O)N=C1c2cccnc2CC12CCN(c1nc(C#N)c3c(Br)[nH]nc3n1)CC2. The molecule has 3 aromatic heterocycles. The summed E-state index contributed by atoms with van der Waals surface area (Å²) in [6.07, 6.45) is 4.13. The maximum atomic E-state index is 12.9. The number of rotatable bonds is 1. The molecule has 1 aliphatic heterocycles. The molecule has 0 unspecified atom stereocenters. The average Bonchev–Trinajstić information content (AvgIpc) is 3.31. The van der Waals surface area contributed by atoms with Crippen molar-refractivity contribution in [3.63, 3.8) is 0 Å². The summed E-state index contributed by atoms with van der Waals surface area (Å²) in [6, 6.07) is 6.07. The first-order valence-corrected chi connectivity index (χ1v) is 11.7. The summed E-state index contributed by atoms with van der Waals surface area (Å²) < 4.78 is 0.596. The van der Waals surface area contributed by atoms with E-state index in [1.165, 1.54) is 0 Å². The van der Waals surface area contributed by atoms with Crippen LogP contribution in [0.3, 0.4) is 0 Å². The quantitative estimate of drug-likeness (QED) is 0.534. The van der Waals surface area contributed by atoms with E-state index in [1.54, 1.807) is 6.20 Å². The van der Waals surface area contributed by atoms with Gasteiger partial charge in [0, 0.05) is 42.1 Å². The molecule has 0 radical (unpaired) electrons. The first-order chi connectivity index (χ1) is 15.7. The topological polar surface area (TPSA) is 124 Å². The second kappa shape index (κ2) is 7.70. The number of piperidine rings is 1. The Balaban J connectivity index is 1.47. The van der Waals surface area contributed by atoms with Crippen molar-refractivity contribution in [3.8, 4) is 6.07 Å². The largest absolute Gasteiger partial charge is 0.341 e. The maximum absolute atomic E-state index is 12.9. The smallest absolute Gasteiger partial charge is 0.251 e. The molecule has 3 aromatic rings. The Morgan fingerprint density at radius 2 is 2.06 bits per heavy atom. The van der Waals surface area contributed by atoms with Crippen molar-refractivity contribution in [1.29, 1.82) is 5.26 Å². The monoisotopic (exact) mass is 506 g/mol. The molecule has 0 bridgehead atoms. The molecule has 0 aromatic carbocycles. The Morgan fingerprint density at radius 1 is 1.30 bits per heavy atom. The molecule has 0 saturated carbocycles. The number of fused-ring (bicyclic) bond motifs is 2. The fraction of sp³-hybridized carbons (Fsp3) is 0.435. The van der Waals surface area contributed by atoms with Crippen molar-refractivity contribution in [1.82, 2.24) is 25.1 Å². The molecule has 168 valence electrons. The summed E-state index contributed by atoms with van der Waals surface area (Å²) in [5.74, 6) is 0.373. The van der Waals surface area contributed by atoms with Gasteiger partial charge in [-0.25, -0.2) is 9.98 Å². The second-order valence-corrected chi connectivity index (χ2v) is 10.5. The molecule has 1 amide bonds. The summed E-state index contributed by atoms with van der Waals surface area (Å²) in [5.41, 5.74) is 2.79. The number of aromatic amines is 1. The van der Waals surface area contributed by atoms with Crippen LogP contribution in [0, 0.1) is 22.2 Å². The first kappa shape index (κ1) is 21.6. The van der Waals surface area contributed by atoms with Crippen LogP contribution < -0.4 is 4.90 Å². The van der Waals surface area contributed by atoms with Crippen molar-refractivity contribution >= 4 is 44.5 Å². The molecular weight excluding hydrogens is 484 g/mol. The van der Waals surface area contributed by atoms with E-state index in [9.17, 15) is 10.1 Å². The number of aliphatic imine (C=N–C) groups is 1. The molecule has 33 heavy (non-hydrogen) atoms. The van der Waals surface area contributed by atoms with E-state index in [0.717, 1.165) is 36.2 Å². The van der Waals surface area contributed by atoms with E-state index in [2.05, 4.69) is 57.0 Å². The summed E-state index contributed by atoms with van der Waals surface area (Å²) in [5, 5.41) is 17.2. The van der Waals surface area contributed by atoms with Gasteiger partial charge < -0.3 is 4.90 Å². The van der Waals surface area contributed by atoms with Crippen molar-refractivity contribution < 1.29 is 4.79 Å². The lowest BCUT2D eigenvalue weighted by Gasteiger charge is -2.39. The number of pyridine rings is 1. The van der Waals surface area contributed by atoms with E-state index in [0.29, 0.717) is 34.7 Å². The molecule has 1 N–H and O–H groups in total. The van der Waals surface area contributed by atoms with Gasteiger partial charge in [0.25, 0.3) is 5.91 Å². The van der Waals surface area contributed by atoms with Crippen LogP contribution in [-0.4, -0.2) is 49.9 Å². The van der Waals surface area contributed by atoms with Crippen LogP contribution >= 0.6 is 15.9 Å². The molecular formula is C23H23BrN8O. The standard InChI is InChI=1S/C23H23BrN8O/c1-22(2,3)20(33)28-17-13-5-4-8-26-14(13)11-23(17)6-9-32(10-7-23)21-27-15(12-25)16-18(24)30-31-19(16)29-21/h4-5,8H,6-7,9-11H2,1-3H3,(H,27,29,30,31). The lowest BCUT2D eigenvalue weighted by Crippen LogP contribution is -2.44. The van der Waals surface area contributed by atoms with Crippen LogP contribution in [-0.2, 0) is 11.2 Å². The number of halogens is 1. The van der Waals surface area contributed by atoms with E-state index in [4.69, 9.17) is 0 Å². The van der Waals surface area contributed by atoms with Crippen LogP contribution in [0.15, 0.2) is 27.9 Å². The van der Waals surface area contributed by atoms with Gasteiger partial charge in [0.2, 0.25) is 5.95 Å². The maximum Gasteiger partial charge on any atom is 0.251 e. The number of amides is 1. The molecule has 10 heteroatoms. The molecule has 1 aliphatic carbocycles. The highest BCUT2D eigenvalue weighted by atomic mass is 79.9. The number of hydrogen-bond acceptors (Lipinski definition) is 7.